The van der Waals surface area contributed by atoms with Crippen LogP contribution in [0, 0.1) is 11.3 Å². The number of anilines is 2. The maximum Gasteiger partial charge on any atom is 0.338 e. The molecule has 2 amide bonds. The normalized spacial score (nSPS) is 11.0. The number of hydrogen-bond acceptors (Lipinski definition) is 5. The summed E-state index contributed by atoms with van der Waals surface area (Å²) in [6.45, 7) is 2.86. The van der Waals surface area contributed by atoms with Gasteiger partial charge >= 0.3 is 5.97 Å². The zero-order valence-electron chi connectivity index (χ0n) is 14.3. The molecule has 2 rings (SSSR count). The summed E-state index contributed by atoms with van der Waals surface area (Å²) < 4.78 is 5.13. The summed E-state index contributed by atoms with van der Waals surface area (Å²) in [6.07, 6.45) is -1.01. The molecule has 7 heteroatoms. The Morgan fingerprint density at radius 1 is 0.962 bits per heavy atom. The molecule has 26 heavy (non-hydrogen) atoms. The highest BCUT2D eigenvalue weighted by Gasteiger charge is 2.19. The van der Waals surface area contributed by atoms with Crippen LogP contribution in [0.25, 0.3) is 0 Å². The van der Waals surface area contributed by atoms with Gasteiger partial charge in [-0.15, -0.1) is 0 Å². The van der Waals surface area contributed by atoms with Gasteiger partial charge in [-0.2, -0.15) is 5.26 Å². The van der Waals surface area contributed by atoms with Crippen LogP contribution >= 0.6 is 0 Å². The van der Waals surface area contributed by atoms with E-state index in [0.717, 1.165) is 0 Å². The van der Waals surface area contributed by atoms with Crippen LogP contribution in [0.1, 0.15) is 29.8 Å². The quantitative estimate of drug-likeness (QED) is 0.805. The van der Waals surface area contributed by atoms with Crippen LogP contribution < -0.4 is 10.6 Å². The Labute approximate surface area is 150 Å². The third-order valence-corrected chi connectivity index (χ3v) is 3.38. The maximum absolute atomic E-state index is 12.1. The number of nitrogens with zero attached hydrogens (tertiary/aromatic N) is 1. The lowest BCUT2D eigenvalue weighted by molar-refractivity contribution is -0.123. The Balaban J connectivity index is 1.93. The zero-order valence-corrected chi connectivity index (χ0v) is 14.3. The molecule has 0 aromatic heterocycles. The van der Waals surface area contributed by atoms with E-state index in [1.807, 2.05) is 6.07 Å². The average molecular weight is 351 g/mol. The molecular weight excluding hydrogens is 334 g/mol. The van der Waals surface area contributed by atoms with Gasteiger partial charge < -0.3 is 15.4 Å². The number of amides is 2. The predicted molar refractivity (Wildman–Crippen MR) is 95.4 cm³/mol. The van der Waals surface area contributed by atoms with Gasteiger partial charge in [0, 0.05) is 18.3 Å². The van der Waals surface area contributed by atoms with Crippen molar-refractivity contribution in [2.75, 3.05) is 10.6 Å². The Morgan fingerprint density at radius 3 is 2.00 bits per heavy atom. The van der Waals surface area contributed by atoms with Crippen molar-refractivity contribution in [2.45, 2.75) is 20.0 Å². The molecule has 0 saturated carbocycles. The minimum absolute atomic E-state index is 0.190. The van der Waals surface area contributed by atoms with Gasteiger partial charge in [-0.1, -0.05) is 0 Å². The highest BCUT2D eigenvalue weighted by Crippen LogP contribution is 2.14. The minimum atomic E-state index is -1.01. The first-order valence-electron chi connectivity index (χ1n) is 7.78. The van der Waals surface area contributed by atoms with Crippen molar-refractivity contribution in [3.05, 3.63) is 59.7 Å². The number of carbonyl (C=O) groups is 3. The Hall–Kier alpha value is -3.66. The molecule has 0 saturated heterocycles. The van der Waals surface area contributed by atoms with Crippen LogP contribution in [-0.2, 0) is 14.3 Å². The van der Waals surface area contributed by atoms with E-state index in [1.54, 1.807) is 24.3 Å². The molecule has 0 aliphatic carbocycles. The molecule has 132 valence electrons. The van der Waals surface area contributed by atoms with Crippen LogP contribution in [0.2, 0.25) is 0 Å². The van der Waals surface area contributed by atoms with Crippen molar-refractivity contribution in [3.63, 3.8) is 0 Å². The molecule has 0 fully saturated rings. The van der Waals surface area contributed by atoms with Gasteiger partial charge in [-0.25, -0.2) is 4.79 Å². The Morgan fingerprint density at radius 2 is 1.50 bits per heavy atom. The molecule has 7 nitrogen and oxygen atoms in total. The van der Waals surface area contributed by atoms with Gasteiger partial charge in [0.2, 0.25) is 5.91 Å². The van der Waals surface area contributed by atoms with E-state index in [9.17, 15) is 14.4 Å². The van der Waals surface area contributed by atoms with E-state index in [1.165, 1.54) is 38.1 Å². The Kier molecular flexibility index (Phi) is 6.06. The standard InChI is InChI=1S/C19H17N3O4/c1-12(26-19(25)15-5-3-14(11-20)4-6-15)18(24)22-17-9-7-16(8-10-17)21-13(2)23/h3-10,12H,1-2H3,(H,21,23)(H,22,24). The molecule has 2 N–H and O–H groups in total. The summed E-state index contributed by atoms with van der Waals surface area (Å²) in [5, 5.41) is 14.0. The van der Waals surface area contributed by atoms with Crippen LogP contribution in [0.4, 0.5) is 11.4 Å². The molecule has 2 aromatic carbocycles. The molecule has 0 aliphatic heterocycles. The fraction of sp³-hybridized carbons (Fsp3) is 0.158. The molecule has 0 spiro atoms. The van der Waals surface area contributed by atoms with Gasteiger partial charge in [0.05, 0.1) is 17.2 Å². The number of ether oxygens (including phenoxy) is 1. The third-order valence-electron chi connectivity index (χ3n) is 3.38. The first-order chi connectivity index (χ1) is 12.4. The number of nitriles is 1. The molecule has 0 aliphatic rings. The van der Waals surface area contributed by atoms with Gasteiger partial charge in [0.15, 0.2) is 6.10 Å². The van der Waals surface area contributed by atoms with Gasteiger partial charge in [-0.05, 0) is 55.5 Å². The summed E-state index contributed by atoms with van der Waals surface area (Å²) in [4.78, 5) is 35.2. The van der Waals surface area contributed by atoms with Crippen LogP contribution in [0.5, 0.6) is 0 Å². The number of hydrogen-bond donors (Lipinski definition) is 2. The van der Waals surface area contributed by atoms with E-state index in [2.05, 4.69) is 10.6 Å². The van der Waals surface area contributed by atoms with E-state index >= 15 is 0 Å². The summed E-state index contributed by atoms with van der Waals surface area (Å²) in [6, 6.07) is 14.4. The SMILES string of the molecule is CC(=O)Nc1ccc(NC(=O)C(C)OC(=O)c2ccc(C#N)cc2)cc1. The van der Waals surface area contributed by atoms with Crippen molar-refractivity contribution in [2.24, 2.45) is 0 Å². The number of rotatable bonds is 5. The molecule has 0 radical (unpaired) electrons. The van der Waals surface area contributed by atoms with E-state index in [0.29, 0.717) is 16.9 Å². The second-order valence-electron chi connectivity index (χ2n) is 5.48. The van der Waals surface area contributed by atoms with E-state index < -0.39 is 18.0 Å². The van der Waals surface area contributed by atoms with E-state index in [4.69, 9.17) is 10.00 Å². The van der Waals surface area contributed by atoms with Gasteiger partial charge in [0.1, 0.15) is 0 Å². The van der Waals surface area contributed by atoms with Crippen molar-refractivity contribution >= 4 is 29.2 Å². The third kappa shape index (κ3) is 5.18. The lowest BCUT2D eigenvalue weighted by atomic mass is 10.1. The highest BCUT2D eigenvalue weighted by molar-refractivity contribution is 5.97. The lowest BCUT2D eigenvalue weighted by Crippen LogP contribution is -2.30. The average Bonchev–Trinajstić information content (AvgIpc) is 2.62. The van der Waals surface area contributed by atoms with Crippen molar-refractivity contribution < 1.29 is 19.1 Å². The summed E-state index contributed by atoms with van der Waals surface area (Å²) >= 11 is 0. The molecule has 2 aromatic rings. The fourth-order valence-electron chi connectivity index (χ4n) is 2.05. The maximum atomic E-state index is 12.1. The summed E-state index contributed by atoms with van der Waals surface area (Å²) in [5.41, 5.74) is 1.79. The second-order valence-corrected chi connectivity index (χ2v) is 5.48. The second kappa shape index (κ2) is 8.44. The number of nitrogens with one attached hydrogen (secondary N) is 2. The van der Waals surface area contributed by atoms with Crippen LogP contribution in [-0.4, -0.2) is 23.9 Å². The van der Waals surface area contributed by atoms with Crippen molar-refractivity contribution in [3.8, 4) is 6.07 Å². The monoisotopic (exact) mass is 351 g/mol. The first kappa shape index (κ1) is 18.7. The number of esters is 1. The smallest absolute Gasteiger partial charge is 0.338 e. The summed E-state index contributed by atoms with van der Waals surface area (Å²) in [7, 11) is 0. The molecule has 1 unspecified atom stereocenters. The zero-order chi connectivity index (χ0) is 19.1. The lowest BCUT2D eigenvalue weighted by Gasteiger charge is -2.14. The van der Waals surface area contributed by atoms with Crippen molar-refractivity contribution in [1.29, 1.82) is 5.26 Å². The molecule has 0 heterocycles. The van der Waals surface area contributed by atoms with E-state index in [-0.39, 0.29) is 11.5 Å². The minimum Gasteiger partial charge on any atom is -0.449 e. The first-order valence-corrected chi connectivity index (χ1v) is 7.78. The molecule has 1 atom stereocenters. The van der Waals surface area contributed by atoms with Crippen molar-refractivity contribution in [1.82, 2.24) is 0 Å². The fourth-order valence-corrected chi connectivity index (χ4v) is 2.05. The van der Waals surface area contributed by atoms with Crippen LogP contribution in [0.3, 0.4) is 0 Å². The highest BCUT2D eigenvalue weighted by atomic mass is 16.5. The predicted octanol–water partition coefficient (Wildman–Crippen LogP) is 2.70. The Bertz CT molecular complexity index is 852. The van der Waals surface area contributed by atoms with Crippen LogP contribution in [0.15, 0.2) is 48.5 Å². The van der Waals surface area contributed by atoms with Gasteiger partial charge in [0.25, 0.3) is 5.91 Å². The van der Waals surface area contributed by atoms with Gasteiger partial charge in [-0.3, -0.25) is 9.59 Å². The largest absolute Gasteiger partial charge is 0.449 e. The topological polar surface area (TPSA) is 108 Å². The number of benzene rings is 2. The summed E-state index contributed by atoms with van der Waals surface area (Å²) in [5.74, 6) is -1.33. The number of carbonyl (C=O) groups excluding carboxylic acids is 3. The molecule has 0 bridgehead atoms. The molecular formula is C19H17N3O4.